The van der Waals surface area contributed by atoms with Gasteiger partial charge in [-0.1, -0.05) is 29.3 Å². The van der Waals surface area contributed by atoms with E-state index in [1.807, 2.05) is 29.7 Å². The molecule has 0 fully saturated rings. The van der Waals surface area contributed by atoms with E-state index in [-0.39, 0.29) is 5.75 Å². The molecular weight excluding hydrogens is 295 g/mol. The van der Waals surface area contributed by atoms with E-state index in [0.717, 1.165) is 29.0 Å². The monoisotopic (exact) mass is 306 g/mol. The average molecular weight is 307 g/mol. The number of hydrogen-bond donors (Lipinski definition) is 1. The van der Waals surface area contributed by atoms with Gasteiger partial charge in [0.1, 0.15) is 11.6 Å². The van der Waals surface area contributed by atoms with Gasteiger partial charge in [0, 0.05) is 12.1 Å². The fraction of sp³-hybridized carbons (Fsp3) is 0.133. The van der Waals surface area contributed by atoms with Crippen molar-refractivity contribution < 1.29 is 5.11 Å². The maximum absolute atomic E-state index is 9.52. The number of halogens is 2. The molecule has 1 aromatic heterocycles. The Kier molecular flexibility index (Phi) is 3.32. The highest BCUT2D eigenvalue weighted by atomic mass is 35.5. The second-order valence-corrected chi connectivity index (χ2v) is 5.27. The molecule has 1 heterocycles. The standard InChI is InChI=1S/C15H12Cl2N2O/c1-2-19-14-10(16)4-3-5-12(14)18-15(19)9-6-7-13(20)11(17)8-9/h3-8,20H,2H2,1H3. The van der Waals surface area contributed by atoms with E-state index < -0.39 is 0 Å². The minimum atomic E-state index is 0.0626. The minimum Gasteiger partial charge on any atom is -0.506 e. The van der Waals surface area contributed by atoms with Crippen molar-refractivity contribution in [2.24, 2.45) is 0 Å². The summed E-state index contributed by atoms with van der Waals surface area (Å²) in [6, 6.07) is 10.7. The average Bonchev–Trinajstić information content (AvgIpc) is 2.82. The zero-order chi connectivity index (χ0) is 14.3. The lowest BCUT2D eigenvalue weighted by Gasteiger charge is -2.07. The Morgan fingerprint density at radius 1 is 1.15 bits per heavy atom. The number of hydrogen-bond acceptors (Lipinski definition) is 2. The molecule has 0 bridgehead atoms. The minimum absolute atomic E-state index is 0.0626. The smallest absolute Gasteiger partial charge is 0.141 e. The van der Waals surface area contributed by atoms with Crippen LogP contribution in [-0.4, -0.2) is 14.7 Å². The zero-order valence-corrected chi connectivity index (χ0v) is 12.3. The lowest BCUT2D eigenvalue weighted by molar-refractivity contribution is 0.475. The van der Waals surface area contributed by atoms with Crippen LogP contribution in [0.25, 0.3) is 22.4 Å². The van der Waals surface area contributed by atoms with Crippen LogP contribution in [0.5, 0.6) is 5.75 Å². The van der Waals surface area contributed by atoms with Gasteiger partial charge in [0.15, 0.2) is 0 Å². The van der Waals surface area contributed by atoms with Gasteiger partial charge in [0.05, 0.1) is 21.1 Å². The van der Waals surface area contributed by atoms with Gasteiger partial charge in [-0.05, 0) is 37.3 Å². The van der Waals surface area contributed by atoms with Gasteiger partial charge < -0.3 is 9.67 Å². The van der Waals surface area contributed by atoms with E-state index in [4.69, 9.17) is 23.2 Å². The largest absolute Gasteiger partial charge is 0.506 e. The first-order valence-corrected chi connectivity index (χ1v) is 7.01. The highest BCUT2D eigenvalue weighted by molar-refractivity contribution is 6.35. The number of aromatic hydroxyl groups is 1. The number of aromatic nitrogens is 2. The van der Waals surface area contributed by atoms with Crippen molar-refractivity contribution in [1.82, 2.24) is 9.55 Å². The highest BCUT2D eigenvalue weighted by Crippen LogP contribution is 2.33. The van der Waals surface area contributed by atoms with E-state index in [0.29, 0.717) is 10.0 Å². The molecule has 3 rings (SSSR count). The van der Waals surface area contributed by atoms with E-state index in [1.54, 1.807) is 18.2 Å². The first-order chi connectivity index (χ1) is 9.61. The molecule has 0 aliphatic rings. The summed E-state index contributed by atoms with van der Waals surface area (Å²) in [6.07, 6.45) is 0. The molecule has 5 heteroatoms. The molecule has 0 atom stereocenters. The number of imidazole rings is 1. The summed E-state index contributed by atoms with van der Waals surface area (Å²) in [5, 5.41) is 10.5. The molecule has 3 aromatic rings. The summed E-state index contributed by atoms with van der Waals surface area (Å²) < 4.78 is 2.04. The predicted octanol–water partition coefficient (Wildman–Crippen LogP) is 4.74. The Bertz CT molecular complexity index is 796. The number of phenols is 1. The molecule has 1 N–H and O–H groups in total. The maximum Gasteiger partial charge on any atom is 0.141 e. The Morgan fingerprint density at radius 2 is 1.95 bits per heavy atom. The first kappa shape index (κ1) is 13.3. The van der Waals surface area contributed by atoms with E-state index in [9.17, 15) is 5.11 Å². The fourth-order valence-corrected chi connectivity index (χ4v) is 2.77. The van der Waals surface area contributed by atoms with Crippen molar-refractivity contribution in [3.63, 3.8) is 0 Å². The van der Waals surface area contributed by atoms with Gasteiger partial charge in [0.2, 0.25) is 0 Å². The van der Waals surface area contributed by atoms with Crippen LogP contribution in [0, 0.1) is 0 Å². The van der Waals surface area contributed by atoms with Crippen LogP contribution in [0.15, 0.2) is 36.4 Å². The normalized spacial score (nSPS) is 11.2. The van der Waals surface area contributed by atoms with E-state index in [1.165, 1.54) is 0 Å². The Morgan fingerprint density at radius 3 is 2.65 bits per heavy atom. The Balaban J connectivity index is 2.30. The molecule has 2 aromatic carbocycles. The quantitative estimate of drug-likeness (QED) is 0.743. The van der Waals surface area contributed by atoms with Crippen LogP contribution in [0.3, 0.4) is 0 Å². The van der Waals surface area contributed by atoms with Gasteiger partial charge in [-0.25, -0.2) is 4.98 Å². The van der Waals surface area contributed by atoms with Crippen molar-refractivity contribution in [1.29, 1.82) is 0 Å². The number of para-hydroxylation sites is 1. The van der Waals surface area contributed by atoms with Crippen molar-refractivity contribution >= 4 is 34.2 Å². The maximum atomic E-state index is 9.52. The fourth-order valence-electron chi connectivity index (χ4n) is 2.32. The van der Waals surface area contributed by atoms with E-state index >= 15 is 0 Å². The number of phenolic OH excluding ortho intramolecular Hbond substituents is 1. The Labute approximate surface area is 126 Å². The molecule has 0 saturated heterocycles. The zero-order valence-electron chi connectivity index (χ0n) is 10.8. The number of benzene rings is 2. The summed E-state index contributed by atoms with van der Waals surface area (Å²) in [5.41, 5.74) is 2.61. The molecule has 102 valence electrons. The predicted molar refractivity (Wildman–Crippen MR) is 82.5 cm³/mol. The first-order valence-electron chi connectivity index (χ1n) is 6.25. The third kappa shape index (κ3) is 2.03. The van der Waals surface area contributed by atoms with Gasteiger partial charge >= 0.3 is 0 Å². The summed E-state index contributed by atoms with van der Waals surface area (Å²) in [4.78, 5) is 4.62. The van der Waals surface area contributed by atoms with Crippen LogP contribution >= 0.6 is 23.2 Å². The number of nitrogens with zero attached hydrogens (tertiary/aromatic N) is 2. The van der Waals surface area contributed by atoms with Crippen LogP contribution in [0.4, 0.5) is 0 Å². The molecule has 0 radical (unpaired) electrons. The van der Waals surface area contributed by atoms with Crippen LogP contribution < -0.4 is 0 Å². The second-order valence-electron chi connectivity index (χ2n) is 4.45. The Hall–Kier alpha value is -1.71. The SMILES string of the molecule is CCn1c(-c2ccc(O)c(Cl)c2)nc2cccc(Cl)c21. The second kappa shape index (κ2) is 5.00. The molecule has 20 heavy (non-hydrogen) atoms. The molecular formula is C15H12Cl2N2O. The molecule has 0 spiro atoms. The summed E-state index contributed by atoms with van der Waals surface area (Å²) in [7, 11) is 0. The van der Waals surface area contributed by atoms with E-state index in [2.05, 4.69) is 4.98 Å². The summed E-state index contributed by atoms with van der Waals surface area (Å²) in [6.45, 7) is 2.78. The number of rotatable bonds is 2. The third-order valence-corrected chi connectivity index (χ3v) is 3.85. The third-order valence-electron chi connectivity index (χ3n) is 3.24. The topological polar surface area (TPSA) is 38.0 Å². The summed E-state index contributed by atoms with van der Waals surface area (Å²) in [5.74, 6) is 0.852. The van der Waals surface area contributed by atoms with Gasteiger partial charge in [-0.2, -0.15) is 0 Å². The van der Waals surface area contributed by atoms with Crippen LogP contribution in [0.2, 0.25) is 10.0 Å². The number of fused-ring (bicyclic) bond motifs is 1. The lowest BCUT2D eigenvalue weighted by Crippen LogP contribution is -1.97. The number of aryl methyl sites for hydroxylation is 1. The summed E-state index contributed by atoms with van der Waals surface area (Å²) >= 11 is 12.2. The highest BCUT2D eigenvalue weighted by Gasteiger charge is 2.14. The molecule has 0 saturated carbocycles. The van der Waals surface area contributed by atoms with Crippen molar-refractivity contribution in [2.45, 2.75) is 13.5 Å². The molecule has 3 nitrogen and oxygen atoms in total. The van der Waals surface area contributed by atoms with Crippen molar-refractivity contribution in [3.05, 3.63) is 46.4 Å². The molecule has 0 aliphatic carbocycles. The lowest BCUT2D eigenvalue weighted by atomic mass is 10.2. The van der Waals surface area contributed by atoms with Crippen LogP contribution in [-0.2, 0) is 6.54 Å². The van der Waals surface area contributed by atoms with Crippen molar-refractivity contribution in [2.75, 3.05) is 0 Å². The van der Waals surface area contributed by atoms with Gasteiger partial charge in [-0.3, -0.25) is 0 Å². The molecule has 0 aliphatic heterocycles. The van der Waals surface area contributed by atoms with Gasteiger partial charge in [0.25, 0.3) is 0 Å². The molecule has 0 amide bonds. The molecule has 0 unspecified atom stereocenters. The van der Waals surface area contributed by atoms with Crippen LogP contribution in [0.1, 0.15) is 6.92 Å². The van der Waals surface area contributed by atoms with Crippen molar-refractivity contribution in [3.8, 4) is 17.1 Å². The van der Waals surface area contributed by atoms with Gasteiger partial charge in [-0.15, -0.1) is 0 Å².